The van der Waals surface area contributed by atoms with Crippen molar-refractivity contribution >= 4 is 21.9 Å². The third kappa shape index (κ3) is 9.15. The van der Waals surface area contributed by atoms with Gasteiger partial charge < -0.3 is 4.42 Å². The largest absolute Gasteiger partial charge is 0.455 e. The molecule has 0 aliphatic carbocycles. The molecule has 9 aromatic rings. The quantitative estimate of drug-likeness (QED) is 0.109. The molecule has 316 valence electrons. The van der Waals surface area contributed by atoms with Gasteiger partial charge in [0.25, 0.3) is 0 Å². The number of pyridine rings is 3. The van der Waals surface area contributed by atoms with Gasteiger partial charge in [0.15, 0.2) is 0 Å². The maximum Gasteiger partial charge on any atom is 0.144 e. The molecule has 64 heavy (non-hydrogen) atoms. The summed E-state index contributed by atoms with van der Waals surface area (Å²) in [5.74, 6) is -3.20. The van der Waals surface area contributed by atoms with E-state index in [9.17, 15) is 21.7 Å². The number of furan rings is 1. The fourth-order valence-corrected chi connectivity index (χ4v) is 7.37. The summed E-state index contributed by atoms with van der Waals surface area (Å²) in [6, 6.07) is 31.2. The van der Waals surface area contributed by atoms with Gasteiger partial charge >= 0.3 is 0 Å². The average Bonchev–Trinajstić information content (AvgIpc) is 4.01. The van der Waals surface area contributed by atoms with Crippen molar-refractivity contribution in [3.05, 3.63) is 208 Å². The predicted molar refractivity (Wildman–Crippen MR) is 263 cm³/mol. The molecular formula is C59H54N4O. The van der Waals surface area contributed by atoms with Crippen LogP contribution in [-0.4, -0.2) is 15.0 Å². The van der Waals surface area contributed by atoms with Crippen LogP contribution in [0.4, 0.5) is 0 Å². The van der Waals surface area contributed by atoms with Gasteiger partial charge in [-0.15, -0.1) is 0 Å². The Hall–Kier alpha value is -7.16. The molecule has 0 saturated carbocycles. The fraction of sp³-hybridized carbons (Fsp3) is 0.220. The number of aromatic nitrogens is 3. The first-order valence-corrected chi connectivity index (χ1v) is 20.6. The summed E-state index contributed by atoms with van der Waals surface area (Å²) in [6.45, 7) is 2.66. The second-order valence-corrected chi connectivity index (χ2v) is 15.6. The zero-order chi connectivity index (χ0) is 61.0. The minimum atomic E-state index is -3.54. The van der Waals surface area contributed by atoms with Gasteiger partial charge in [-0.2, -0.15) is 5.26 Å². The van der Waals surface area contributed by atoms with Gasteiger partial charge in [0.2, 0.25) is 0 Å². The Morgan fingerprint density at radius 2 is 1.14 bits per heavy atom. The molecule has 4 heterocycles. The Kier molecular flexibility index (Phi) is 7.36. The van der Waals surface area contributed by atoms with Gasteiger partial charge in [0.1, 0.15) is 11.2 Å². The molecule has 0 aliphatic rings. The number of aryl methyl sites for hydroxylation is 7. The maximum absolute atomic E-state index is 9.76. The average molecular weight is 854 g/mol. The monoisotopic (exact) mass is 854 g/mol. The first-order valence-electron chi connectivity index (χ1n) is 30.1. The van der Waals surface area contributed by atoms with E-state index in [0.717, 1.165) is 42.9 Å². The second-order valence-electron chi connectivity index (χ2n) is 15.6. The molecule has 0 aliphatic heterocycles. The van der Waals surface area contributed by atoms with E-state index in [4.69, 9.17) is 14.0 Å². The lowest BCUT2D eigenvalue weighted by Crippen LogP contribution is -2.04. The highest BCUT2D eigenvalue weighted by Gasteiger charge is 2.17. The van der Waals surface area contributed by atoms with Crippen LogP contribution in [0.5, 0.6) is 0 Å². The van der Waals surface area contributed by atoms with E-state index in [1.54, 1.807) is 72.8 Å². The molecule has 5 nitrogen and oxygen atoms in total. The molecule has 0 spiro atoms. The molecule has 0 unspecified atom stereocenters. The SMILES string of the molecule is [2H]c1cc2c(oc3c(-c4cc(C([2H])([2H])[2H])c(C([2H])([2H])C([2H])([2H])c5cc(C([2H])([2H])C([2H])([2H])c6cnc(-c7ccccc7)cc6C([2H])(C)C)cc(C([2H])([2H])C([2H])([2H])c6cnc(-c7ccccc7)cc6C([2H])(C)C)c5)cn4)cccc32)c([2H])c1C#N. The number of nitriles is 1. The minimum Gasteiger partial charge on any atom is -0.455 e. The van der Waals surface area contributed by atoms with Gasteiger partial charge in [-0.05, 0) is 149 Å². The number of hydrogen-bond acceptors (Lipinski definition) is 5. The van der Waals surface area contributed by atoms with Crippen molar-refractivity contribution in [2.24, 2.45) is 0 Å². The highest BCUT2D eigenvalue weighted by atomic mass is 16.3. The van der Waals surface area contributed by atoms with Crippen molar-refractivity contribution in [2.45, 2.75) is 84.6 Å². The molecule has 0 amide bonds. The highest BCUT2D eigenvalue weighted by Crippen LogP contribution is 2.36. The summed E-state index contributed by atoms with van der Waals surface area (Å²) in [5, 5.41) is 10.3. The van der Waals surface area contributed by atoms with Crippen LogP contribution in [-0.2, 0) is 38.2 Å². The van der Waals surface area contributed by atoms with Crippen molar-refractivity contribution < 1.29 is 30.5 Å². The third-order valence-electron chi connectivity index (χ3n) is 10.6. The standard InChI is InChI=1S/C59H54N4O/c1-38(2)53-32-55(45-13-8-6-9-14-45)61-36-48(53)24-20-42-28-41(29-43(30-42)21-25-49-37-62-56(33-54(49)39(3)4)46-15-10-7-11-16-46)19-23-47-35-63-57(27-40(47)5)52-18-12-17-51-50-26-22-44(34-60)31-58(50)64-59(51)52/h6-18,22,26-33,35-39H,19-21,23-25H2,1-5H3/i5D3,19D2,20D2,21D2,22D,23D2,24D2,25D2,31D,38D,39D. The molecule has 0 bridgehead atoms. The number of hydrogen-bond donors (Lipinski definition) is 0. The van der Waals surface area contributed by atoms with Gasteiger partial charge in [0, 0.05) is 69.4 Å². The van der Waals surface area contributed by atoms with E-state index >= 15 is 0 Å². The summed E-state index contributed by atoms with van der Waals surface area (Å²) in [6.07, 6.45) is -17.3. The summed E-state index contributed by atoms with van der Waals surface area (Å²) in [5.41, 5.74) is -3.08. The summed E-state index contributed by atoms with van der Waals surface area (Å²) < 4.78 is 184. The Balaban J connectivity index is 1.25. The van der Waals surface area contributed by atoms with Crippen LogP contribution >= 0.6 is 0 Å². The molecule has 9 rings (SSSR count). The van der Waals surface area contributed by atoms with E-state index in [0.29, 0.717) is 33.3 Å². The van der Waals surface area contributed by atoms with Gasteiger partial charge in [-0.3, -0.25) is 15.0 Å². The molecule has 5 aromatic carbocycles. The molecular weight excluding hydrogens is 781 g/mol. The Labute approximate surface area is 404 Å². The van der Waals surface area contributed by atoms with E-state index in [1.807, 2.05) is 6.07 Å². The zero-order valence-electron chi connectivity index (χ0n) is 54.5. The normalized spacial score (nSPS) is 17.8. The van der Waals surface area contributed by atoms with Gasteiger partial charge in [0.05, 0.1) is 31.5 Å². The van der Waals surface area contributed by atoms with Crippen LogP contribution in [0.1, 0.15) is 121 Å². The van der Waals surface area contributed by atoms with Crippen molar-refractivity contribution in [3.63, 3.8) is 0 Å². The predicted octanol–water partition coefficient (Wildman–Crippen LogP) is 14.6. The lowest BCUT2D eigenvalue weighted by atomic mass is 9.90. The van der Waals surface area contributed by atoms with Crippen LogP contribution in [0.2, 0.25) is 0 Å². The molecule has 0 atom stereocenters. The van der Waals surface area contributed by atoms with Crippen LogP contribution in [0.3, 0.4) is 0 Å². The number of rotatable bonds is 14. The first-order chi connectivity index (χ1) is 38.4. The zero-order valence-corrected chi connectivity index (χ0v) is 35.5. The molecule has 0 fully saturated rings. The summed E-state index contributed by atoms with van der Waals surface area (Å²) >= 11 is 0. The molecule has 0 saturated heterocycles. The summed E-state index contributed by atoms with van der Waals surface area (Å²) in [4.78, 5) is 13.4. The number of benzene rings is 5. The number of nitrogens with zero attached hydrogens (tertiary/aromatic N) is 4. The van der Waals surface area contributed by atoms with E-state index < -0.39 is 95.8 Å². The molecule has 5 heteroatoms. The molecule has 0 radical (unpaired) electrons. The van der Waals surface area contributed by atoms with Crippen molar-refractivity contribution in [2.75, 3.05) is 0 Å². The lowest BCUT2D eigenvalue weighted by molar-refractivity contribution is 0.669. The van der Waals surface area contributed by atoms with Crippen LogP contribution in [0, 0.1) is 18.2 Å². The third-order valence-corrected chi connectivity index (χ3v) is 10.6. The Morgan fingerprint density at radius 1 is 0.609 bits per heavy atom. The van der Waals surface area contributed by atoms with Crippen molar-refractivity contribution in [1.82, 2.24) is 15.0 Å². The van der Waals surface area contributed by atoms with Gasteiger partial charge in [-0.1, -0.05) is 119 Å². The van der Waals surface area contributed by atoms with Crippen molar-refractivity contribution in [1.29, 1.82) is 5.26 Å². The fourth-order valence-electron chi connectivity index (χ4n) is 7.37. The minimum absolute atomic E-state index is 0.00731. The molecule has 0 N–H and O–H groups in total. The van der Waals surface area contributed by atoms with Crippen LogP contribution in [0.25, 0.3) is 55.7 Å². The topological polar surface area (TPSA) is 75.6 Å². The number of para-hydroxylation sites is 1. The Bertz CT molecular complexity index is 3900. The van der Waals surface area contributed by atoms with Gasteiger partial charge in [-0.25, -0.2) is 0 Å². The first kappa shape index (κ1) is 25.2. The lowest BCUT2D eigenvalue weighted by Gasteiger charge is -2.17. The van der Waals surface area contributed by atoms with E-state index in [1.165, 1.54) is 52.0 Å². The second kappa shape index (κ2) is 18.7. The highest BCUT2D eigenvalue weighted by molar-refractivity contribution is 6.09. The number of fused-ring (bicyclic) bond motifs is 3. The smallest absolute Gasteiger partial charge is 0.144 e. The van der Waals surface area contributed by atoms with Crippen molar-refractivity contribution in [3.8, 4) is 39.8 Å². The van der Waals surface area contributed by atoms with E-state index in [-0.39, 0.29) is 51.2 Å². The Morgan fingerprint density at radius 3 is 1.67 bits per heavy atom. The van der Waals surface area contributed by atoms with E-state index in [2.05, 4.69) is 15.0 Å². The molecule has 4 aromatic heterocycles. The van der Waals surface area contributed by atoms with Crippen LogP contribution < -0.4 is 0 Å². The van der Waals surface area contributed by atoms with Crippen LogP contribution in [0.15, 0.2) is 156 Å². The summed E-state index contributed by atoms with van der Waals surface area (Å²) in [7, 11) is 0. The maximum atomic E-state index is 9.76.